The Balaban J connectivity index is 1.59. The minimum Gasteiger partial charge on any atom is -0.497 e. The zero-order chi connectivity index (χ0) is 25.0. The molecule has 0 saturated heterocycles. The number of benzene rings is 3. The molecule has 2 N–H and O–H groups in total. The minimum absolute atomic E-state index is 0.0757. The van der Waals surface area contributed by atoms with Crippen molar-refractivity contribution in [1.29, 1.82) is 5.26 Å². The topological polar surface area (TPSA) is 110 Å². The highest BCUT2D eigenvalue weighted by Crippen LogP contribution is 2.19. The van der Waals surface area contributed by atoms with Crippen LogP contribution in [0.3, 0.4) is 0 Å². The molecule has 3 rings (SSSR count). The van der Waals surface area contributed by atoms with Gasteiger partial charge in [0.05, 0.1) is 13.7 Å². The molecule has 0 unspecified atom stereocenters. The number of rotatable bonds is 10. The number of carbonyl (C=O) groups excluding carboxylic acids is 2. The third kappa shape index (κ3) is 7.65. The average Bonchev–Trinajstić information content (AvgIpc) is 2.88. The minimum atomic E-state index is -0.540. The molecule has 8 heteroatoms. The van der Waals surface area contributed by atoms with E-state index in [2.05, 4.69) is 10.6 Å². The number of ether oxygens (including phenoxy) is 3. The maximum Gasteiger partial charge on any atom is 0.266 e. The summed E-state index contributed by atoms with van der Waals surface area (Å²) in [5.74, 6) is 0.934. The van der Waals surface area contributed by atoms with Crippen molar-refractivity contribution in [3.8, 4) is 23.3 Å². The van der Waals surface area contributed by atoms with Gasteiger partial charge in [-0.2, -0.15) is 5.26 Å². The van der Waals surface area contributed by atoms with Gasteiger partial charge >= 0.3 is 0 Å². The van der Waals surface area contributed by atoms with Gasteiger partial charge in [-0.25, -0.2) is 0 Å². The summed E-state index contributed by atoms with van der Waals surface area (Å²) in [6, 6.07) is 22.5. The largest absolute Gasteiger partial charge is 0.497 e. The van der Waals surface area contributed by atoms with Gasteiger partial charge in [-0.1, -0.05) is 12.1 Å². The second-order valence-corrected chi connectivity index (χ2v) is 7.22. The molecule has 2 amide bonds. The fourth-order valence-electron chi connectivity index (χ4n) is 3.03. The van der Waals surface area contributed by atoms with Gasteiger partial charge in [0.2, 0.25) is 0 Å². The monoisotopic (exact) mass is 471 g/mol. The highest BCUT2D eigenvalue weighted by Gasteiger charge is 2.10. The number of carbonyl (C=O) groups is 2. The zero-order valence-electron chi connectivity index (χ0n) is 19.4. The molecule has 0 aliphatic rings. The van der Waals surface area contributed by atoms with Crippen LogP contribution in [-0.2, 0) is 9.59 Å². The first kappa shape index (κ1) is 24.9. The molecule has 0 saturated carbocycles. The Hall–Kier alpha value is -4.77. The van der Waals surface area contributed by atoms with Gasteiger partial charge < -0.3 is 24.8 Å². The lowest BCUT2D eigenvalue weighted by molar-refractivity contribution is -0.118. The molecule has 0 aromatic heterocycles. The summed E-state index contributed by atoms with van der Waals surface area (Å²) in [6.07, 6.45) is 1.45. The summed E-state index contributed by atoms with van der Waals surface area (Å²) in [6.45, 7) is 2.22. The van der Waals surface area contributed by atoms with E-state index in [9.17, 15) is 14.9 Å². The van der Waals surface area contributed by atoms with Crippen LogP contribution in [0.25, 0.3) is 6.08 Å². The van der Waals surface area contributed by atoms with Crippen molar-refractivity contribution in [3.05, 3.63) is 83.9 Å². The Morgan fingerprint density at radius 3 is 2.17 bits per heavy atom. The molecule has 3 aromatic rings. The van der Waals surface area contributed by atoms with Gasteiger partial charge in [-0.15, -0.1) is 0 Å². The van der Waals surface area contributed by atoms with Crippen LogP contribution in [0, 0.1) is 11.3 Å². The molecule has 0 heterocycles. The molecule has 0 spiro atoms. The van der Waals surface area contributed by atoms with Crippen LogP contribution in [0.4, 0.5) is 11.4 Å². The quantitative estimate of drug-likeness (QED) is 0.329. The lowest BCUT2D eigenvalue weighted by Crippen LogP contribution is -2.20. The second-order valence-electron chi connectivity index (χ2n) is 7.22. The van der Waals surface area contributed by atoms with E-state index in [1.807, 2.05) is 13.0 Å². The van der Waals surface area contributed by atoms with Gasteiger partial charge in [0, 0.05) is 11.4 Å². The van der Waals surface area contributed by atoms with Crippen molar-refractivity contribution in [3.63, 3.8) is 0 Å². The number of hydrogen-bond donors (Lipinski definition) is 2. The predicted octanol–water partition coefficient (Wildman–Crippen LogP) is 4.66. The van der Waals surface area contributed by atoms with Gasteiger partial charge in [-0.05, 0) is 79.2 Å². The molecule has 35 heavy (non-hydrogen) atoms. The van der Waals surface area contributed by atoms with Crippen molar-refractivity contribution in [1.82, 2.24) is 0 Å². The normalized spacial score (nSPS) is 10.6. The lowest BCUT2D eigenvalue weighted by Gasteiger charge is -2.09. The molecular formula is C27H25N3O5. The summed E-state index contributed by atoms with van der Waals surface area (Å²) < 4.78 is 16.0. The zero-order valence-corrected chi connectivity index (χ0v) is 19.4. The van der Waals surface area contributed by atoms with Crippen molar-refractivity contribution in [2.45, 2.75) is 6.92 Å². The maximum atomic E-state index is 12.5. The van der Waals surface area contributed by atoms with E-state index in [1.54, 1.807) is 79.9 Å². The molecule has 8 nitrogen and oxygen atoms in total. The van der Waals surface area contributed by atoms with Crippen molar-refractivity contribution in [2.75, 3.05) is 31.0 Å². The van der Waals surface area contributed by atoms with E-state index in [1.165, 1.54) is 6.08 Å². The average molecular weight is 472 g/mol. The third-order valence-electron chi connectivity index (χ3n) is 4.70. The van der Waals surface area contributed by atoms with Crippen LogP contribution in [0.15, 0.2) is 78.4 Å². The molecule has 0 aliphatic carbocycles. The van der Waals surface area contributed by atoms with Crippen molar-refractivity contribution in [2.24, 2.45) is 0 Å². The van der Waals surface area contributed by atoms with Crippen LogP contribution in [0.5, 0.6) is 17.2 Å². The number of methoxy groups -OCH3 is 1. The fraction of sp³-hybridized carbons (Fsp3) is 0.148. The number of nitriles is 1. The number of nitrogens with zero attached hydrogens (tertiary/aromatic N) is 1. The van der Waals surface area contributed by atoms with E-state index in [0.29, 0.717) is 40.8 Å². The Bertz CT molecular complexity index is 1230. The summed E-state index contributed by atoms with van der Waals surface area (Å²) in [5.41, 5.74) is 1.66. The van der Waals surface area contributed by atoms with E-state index >= 15 is 0 Å². The van der Waals surface area contributed by atoms with Gasteiger partial charge in [0.25, 0.3) is 11.8 Å². The Labute approximate surface area is 203 Å². The first-order valence-corrected chi connectivity index (χ1v) is 10.8. The maximum absolute atomic E-state index is 12.5. The third-order valence-corrected chi connectivity index (χ3v) is 4.70. The Morgan fingerprint density at radius 2 is 1.54 bits per heavy atom. The predicted molar refractivity (Wildman–Crippen MR) is 133 cm³/mol. The highest BCUT2D eigenvalue weighted by atomic mass is 16.5. The molecule has 0 aliphatic heterocycles. The standard InChI is InChI=1S/C27H25N3O5/c1-3-34-24-13-9-22(10-14-24)30-27(32)20(17-28)15-19-5-4-6-25(16-19)35-18-26(31)29-21-7-11-23(33-2)12-8-21/h4-16H,3,18H2,1-2H3,(H,29,31)(H,30,32)/b20-15+. The van der Waals surface area contributed by atoms with Gasteiger partial charge in [-0.3, -0.25) is 9.59 Å². The fourth-order valence-corrected chi connectivity index (χ4v) is 3.03. The van der Waals surface area contributed by atoms with Crippen molar-refractivity contribution < 1.29 is 23.8 Å². The van der Waals surface area contributed by atoms with Crippen LogP contribution in [0.2, 0.25) is 0 Å². The van der Waals surface area contributed by atoms with Crippen LogP contribution in [-0.4, -0.2) is 32.1 Å². The Kier molecular flexibility index (Phi) is 8.85. The SMILES string of the molecule is CCOc1ccc(NC(=O)/C(C#N)=C/c2cccc(OCC(=O)Nc3ccc(OC)cc3)c2)cc1. The van der Waals surface area contributed by atoms with Crippen molar-refractivity contribution >= 4 is 29.3 Å². The summed E-state index contributed by atoms with van der Waals surface area (Å²) in [7, 11) is 1.57. The molecule has 0 radical (unpaired) electrons. The van der Waals surface area contributed by atoms with Crippen LogP contribution in [0.1, 0.15) is 12.5 Å². The number of anilines is 2. The molecule has 0 atom stereocenters. The van der Waals surface area contributed by atoms with Crippen LogP contribution < -0.4 is 24.8 Å². The van der Waals surface area contributed by atoms with E-state index in [-0.39, 0.29) is 18.1 Å². The molecule has 0 fully saturated rings. The lowest BCUT2D eigenvalue weighted by atomic mass is 10.1. The molecular weight excluding hydrogens is 446 g/mol. The molecule has 178 valence electrons. The summed E-state index contributed by atoms with van der Waals surface area (Å²) in [5, 5.41) is 14.9. The number of hydrogen-bond acceptors (Lipinski definition) is 6. The number of amides is 2. The van der Waals surface area contributed by atoms with E-state index < -0.39 is 5.91 Å². The number of nitrogens with one attached hydrogen (secondary N) is 2. The first-order valence-electron chi connectivity index (χ1n) is 10.8. The first-order chi connectivity index (χ1) is 17.0. The van der Waals surface area contributed by atoms with Gasteiger partial charge in [0.15, 0.2) is 6.61 Å². The highest BCUT2D eigenvalue weighted by molar-refractivity contribution is 6.09. The van der Waals surface area contributed by atoms with E-state index in [0.717, 1.165) is 0 Å². The molecule has 0 bridgehead atoms. The second kappa shape index (κ2) is 12.5. The Morgan fingerprint density at radius 1 is 0.886 bits per heavy atom. The smallest absolute Gasteiger partial charge is 0.266 e. The van der Waals surface area contributed by atoms with E-state index in [4.69, 9.17) is 14.2 Å². The summed E-state index contributed by atoms with van der Waals surface area (Å²) >= 11 is 0. The van der Waals surface area contributed by atoms with Gasteiger partial charge in [0.1, 0.15) is 28.9 Å². The van der Waals surface area contributed by atoms with Crippen LogP contribution >= 0.6 is 0 Å². The summed E-state index contributed by atoms with van der Waals surface area (Å²) in [4.78, 5) is 24.7. The molecule has 3 aromatic carbocycles.